The van der Waals surface area contributed by atoms with E-state index in [0.29, 0.717) is 43.4 Å². The fourth-order valence-corrected chi connectivity index (χ4v) is 5.46. The molecule has 0 unspecified atom stereocenters. The van der Waals surface area contributed by atoms with E-state index in [0.717, 1.165) is 17.0 Å². The van der Waals surface area contributed by atoms with E-state index in [1.165, 1.54) is 23.1 Å². The SMILES string of the molecule is CNC(=O)C(C)(C)CCc1ccc(N2C(=S)N(c3ccc(C#N)c(C(F)(F)F)c3)C(=O)C23CCC3)cc1F. The van der Waals surface area contributed by atoms with Crippen molar-refractivity contribution < 1.29 is 27.2 Å². The minimum Gasteiger partial charge on any atom is -0.359 e. The van der Waals surface area contributed by atoms with E-state index in [2.05, 4.69) is 5.32 Å². The fourth-order valence-electron chi connectivity index (χ4n) is 4.99. The number of aryl methyl sites for hydroxylation is 1. The molecule has 1 saturated heterocycles. The van der Waals surface area contributed by atoms with Crippen molar-refractivity contribution >= 4 is 40.5 Å². The third-order valence-electron chi connectivity index (χ3n) is 7.44. The van der Waals surface area contributed by atoms with Gasteiger partial charge in [-0.15, -0.1) is 0 Å². The van der Waals surface area contributed by atoms with Crippen LogP contribution in [-0.4, -0.2) is 29.5 Å². The molecule has 2 aromatic rings. The Kier molecular flexibility index (Phi) is 6.99. The summed E-state index contributed by atoms with van der Waals surface area (Å²) in [6.07, 6.45) is -2.57. The van der Waals surface area contributed by atoms with Crippen molar-refractivity contribution in [1.82, 2.24) is 5.32 Å². The zero-order valence-electron chi connectivity index (χ0n) is 21.1. The second-order valence-electron chi connectivity index (χ2n) is 10.2. The number of hydrogen-bond donors (Lipinski definition) is 1. The van der Waals surface area contributed by atoms with Crippen molar-refractivity contribution in [2.45, 2.75) is 57.7 Å². The van der Waals surface area contributed by atoms with Gasteiger partial charge in [0.25, 0.3) is 5.91 Å². The van der Waals surface area contributed by atoms with Gasteiger partial charge in [-0.1, -0.05) is 19.9 Å². The summed E-state index contributed by atoms with van der Waals surface area (Å²) in [6, 6.07) is 9.02. The van der Waals surface area contributed by atoms with E-state index < -0.39 is 40.0 Å². The van der Waals surface area contributed by atoms with Gasteiger partial charge < -0.3 is 10.2 Å². The molecule has 0 bridgehead atoms. The molecule has 1 heterocycles. The van der Waals surface area contributed by atoms with Crippen LogP contribution in [0.3, 0.4) is 0 Å². The maximum absolute atomic E-state index is 15.2. The third kappa shape index (κ3) is 4.51. The van der Waals surface area contributed by atoms with Crippen LogP contribution in [0.2, 0.25) is 0 Å². The Bertz CT molecular complexity index is 1360. The molecule has 2 aliphatic rings. The molecule has 1 saturated carbocycles. The molecule has 1 aliphatic carbocycles. The summed E-state index contributed by atoms with van der Waals surface area (Å²) >= 11 is 5.59. The van der Waals surface area contributed by atoms with Gasteiger partial charge in [0.2, 0.25) is 5.91 Å². The highest BCUT2D eigenvalue weighted by atomic mass is 32.1. The molecule has 0 aromatic heterocycles. The molecular formula is C27H26F4N4O2S. The molecule has 1 spiro atoms. The standard InChI is InChI=1S/C27H26F4N4O2S/c1-25(2,22(36)33-3)12-9-16-5-8-19(14-21(16)28)35-24(38)34(23(37)26(35)10-4-11-26)18-7-6-17(15-32)20(13-18)27(29,30)31/h5-8,13-14H,4,9-12H2,1-3H3,(H,33,36). The number of anilines is 2. The van der Waals surface area contributed by atoms with E-state index >= 15 is 4.39 Å². The summed E-state index contributed by atoms with van der Waals surface area (Å²) in [5, 5.41) is 11.7. The summed E-state index contributed by atoms with van der Waals surface area (Å²) in [5.41, 5.74) is -2.93. The second kappa shape index (κ2) is 9.66. The normalized spacial score (nSPS) is 17.0. The summed E-state index contributed by atoms with van der Waals surface area (Å²) in [4.78, 5) is 28.2. The molecule has 6 nitrogen and oxygen atoms in total. The Hall–Kier alpha value is -3.52. The van der Waals surface area contributed by atoms with Crippen molar-refractivity contribution in [3.05, 3.63) is 58.9 Å². The van der Waals surface area contributed by atoms with E-state index in [1.54, 1.807) is 33.0 Å². The number of nitrogens with one attached hydrogen (secondary N) is 1. The van der Waals surface area contributed by atoms with Gasteiger partial charge in [0.15, 0.2) is 5.11 Å². The predicted octanol–water partition coefficient (Wildman–Crippen LogP) is 5.48. The Labute approximate surface area is 223 Å². The highest BCUT2D eigenvalue weighted by Crippen LogP contribution is 2.48. The number of rotatable bonds is 6. The van der Waals surface area contributed by atoms with Gasteiger partial charge in [-0.3, -0.25) is 14.5 Å². The van der Waals surface area contributed by atoms with Crippen LogP contribution in [0.5, 0.6) is 0 Å². The van der Waals surface area contributed by atoms with Gasteiger partial charge in [0, 0.05) is 18.2 Å². The number of carbonyl (C=O) groups is 2. The minimum absolute atomic E-state index is 0.0552. The van der Waals surface area contributed by atoms with Gasteiger partial charge >= 0.3 is 6.18 Å². The number of carbonyl (C=O) groups excluding carboxylic acids is 2. The molecule has 11 heteroatoms. The smallest absolute Gasteiger partial charge is 0.359 e. The largest absolute Gasteiger partial charge is 0.417 e. The first-order chi connectivity index (χ1) is 17.8. The lowest BCUT2D eigenvalue weighted by Crippen LogP contribution is -2.55. The molecule has 1 aliphatic heterocycles. The van der Waals surface area contributed by atoms with Crippen molar-refractivity contribution in [3.8, 4) is 6.07 Å². The number of nitriles is 1. The summed E-state index contributed by atoms with van der Waals surface area (Å²) < 4.78 is 56.0. The second-order valence-corrected chi connectivity index (χ2v) is 10.6. The monoisotopic (exact) mass is 546 g/mol. The van der Waals surface area contributed by atoms with Gasteiger partial charge in [0.1, 0.15) is 11.4 Å². The lowest BCUT2D eigenvalue weighted by Gasteiger charge is -2.43. The molecule has 1 N–H and O–H groups in total. The minimum atomic E-state index is -4.80. The average molecular weight is 547 g/mol. The number of hydrogen-bond acceptors (Lipinski definition) is 4. The van der Waals surface area contributed by atoms with E-state index in [-0.39, 0.29) is 16.7 Å². The zero-order chi connectivity index (χ0) is 28.0. The molecule has 38 heavy (non-hydrogen) atoms. The summed E-state index contributed by atoms with van der Waals surface area (Å²) in [7, 11) is 1.54. The Morgan fingerprint density at radius 1 is 1.16 bits per heavy atom. The van der Waals surface area contributed by atoms with E-state index in [1.807, 2.05) is 0 Å². The number of thiocarbonyl (C=S) groups is 1. The van der Waals surface area contributed by atoms with Gasteiger partial charge in [-0.2, -0.15) is 18.4 Å². The van der Waals surface area contributed by atoms with Crippen molar-refractivity contribution in [1.29, 1.82) is 5.26 Å². The lowest BCUT2D eigenvalue weighted by atomic mass is 9.75. The molecular weight excluding hydrogens is 520 g/mol. The van der Waals surface area contributed by atoms with Crippen LogP contribution in [0.15, 0.2) is 36.4 Å². The lowest BCUT2D eigenvalue weighted by molar-refractivity contribution is -0.137. The van der Waals surface area contributed by atoms with Crippen LogP contribution in [0, 0.1) is 22.6 Å². The van der Waals surface area contributed by atoms with Crippen LogP contribution in [0.25, 0.3) is 0 Å². The predicted molar refractivity (Wildman–Crippen MR) is 138 cm³/mol. The van der Waals surface area contributed by atoms with Crippen LogP contribution in [-0.2, 0) is 22.2 Å². The average Bonchev–Trinajstić information content (AvgIpc) is 3.08. The van der Waals surface area contributed by atoms with Gasteiger partial charge in [-0.25, -0.2) is 4.39 Å². The van der Waals surface area contributed by atoms with Gasteiger partial charge in [0.05, 0.1) is 22.9 Å². The molecule has 2 fully saturated rings. The number of alkyl halides is 3. The fraction of sp³-hybridized carbons (Fsp3) is 0.407. The van der Waals surface area contributed by atoms with Crippen LogP contribution in [0.4, 0.5) is 28.9 Å². The number of nitrogens with zero attached hydrogens (tertiary/aromatic N) is 3. The van der Waals surface area contributed by atoms with E-state index in [4.69, 9.17) is 17.5 Å². The van der Waals surface area contributed by atoms with Crippen molar-refractivity contribution in [2.24, 2.45) is 5.41 Å². The number of amides is 2. The topological polar surface area (TPSA) is 76.4 Å². The molecule has 2 amide bonds. The van der Waals surface area contributed by atoms with Crippen LogP contribution < -0.4 is 15.1 Å². The first-order valence-electron chi connectivity index (χ1n) is 12.1. The summed E-state index contributed by atoms with van der Waals surface area (Å²) in [6.45, 7) is 3.54. The number of halogens is 4. The highest BCUT2D eigenvalue weighted by Gasteiger charge is 2.59. The number of benzene rings is 2. The van der Waals surface area contributed by atoms with E-state index in [9.17, 15) is 22.8 Å². The molecule has 0 atom stereocenters. The van der Waals surface area contributed by atoms with Crippen molar-refractivity contribution in [2.75, 3.05) is 16.8 Å². The quantitative estimate of drug-likeness (QED) is 0.384. The first kappa shape index (κ1) is 27.5. The van der Waals surface area contributed by atoms with Gasteiger partial charge in [-0.05, 0) is 80.2 Å². The molecule has 2 aromatic carbocycles. The van der Waals surface area contributed by atoms with Crippen LogP contribution >= 0.6 is 12.2 Å². The maximum atomic E-state index is 15.2. The molecule has 200 valence electrons. The van der Waals surface area contributed by atoms with Crippen molar-refractivity contribution in [3.63, 3.8) is 0 Å². The Balaban J connectivity index is 1.68. The molecule has 0 radical (unpaired) electrons. The zero-order valence-corrected chi connectivity index (χ0v) is 21.9. The highest BCUT2D eigenvalue weighted by molar-refractivity contribution is 7.81. The Morgan fingerprint density at radius 3 is 2.34 bits per heavy atom. The first-order valence-corrected chi connectivity index (χ1v) is 12.5. The van der Waals surface area contributed by atoms with Crippen LogP contribution in [0.1, 0.15) is 56.2 Å². The maximum Gasteiger partial charge on any atom is 0.417 e. The summed E-state index contributed by atoms with van der Waals surface area (Å²) in [5.74, 6) is -1.17. The third-order valence-corrected chi connectivity index (χ3v) is 7.80. The molecule has 4 rings (SSSR count). The Morgan fingerprint density at radius 2 is 1.82 bits per heavy atom.